The van der Waals surface area contributed by atoms with Gasteiger partial charge in [-0.15, -0.1) is 0 Å². The number of hydrogen-bond donors (Lipinski definition) is 4. The van der Waals surface area contributed by atoms with Crippen molar-refractivity contribution in [1.29, 1.82) is 10.8 Å². The van der Waals surface area contributed by atoms with Crippen molar-refractivity contribution in [2.75, 3.05) is 0 Å². The third-order valence-electron chi connectivity index (χ3n) is 6.10. The molecule has 0 spiro atoms. The van der Waals surface area contributed by atoms with Crippen LogP contribution in [-0.4, -0.2) is 47.3 Å². The summed E-state index contributed by atoms with van der Waals surface area (Å²) >= 11 is 0. The third-order valence-corrected chi connectivity index (χ3v) is 6.10. The van der Waals surface area contributed by atoms with Gasteiger partial charge < -0.3 is 30.9 Å². The van der Waals surface area contributed by atoms with Crippen molar-refractivity contribution in [1.82, 2.24) is 10.6 Å². The molecule has 2 aromatic carbocycles. The van der Waals surface area contributed by atoms with E-state index in [1.54, 1.807) is 38.1 Å². The molecule has 10 nitrogen and oxygen atoms in total. The fourth-order valence-corrected chi connectivity index (χ4v) is 3.73. The second kappa shape index (κ2) is 15.2. The Kier molecular flexibility index (Phi) is 12.0. The van der Waals surface area contributed by atoms with E-state index in [0.717, 1.165) is 11.1 Å². The van der Waals surface area contributed by atoms with Gasteiger partial charge in [0.2, 0.25) is 0 Å². The predicted molar refractivity (Wildman–Crippen MR) is 147 cm³/mol. The summed E-state index contributed by atoms with van der Waals surface area (Å²) in [7, 11) is 0. The average Bonchev–Trinajstić information content (AvgIpc) is 2.94. The summed E-state index contributed by atoms with van der Waals surface area (Å²) in [6.07, 6.45) is -1.36. The van der Waals surface area contributed by atoms with Crippen LogP contribution in [0.4, 0.5) is 9.59 Å². The van der Waals surface area contributed by atoms with Crippen molar-refractivity contribution in [3.63, 3.8) is 0 Å². The highest BCUT2D eigenvalue weighted by atomic mass is 16.6. The van der Waals surface area contributed by atoms with Crippen molar-refractivity contribution in [3.05, 3.63) is 71.8 Å². The summed E-state index contributed by atoms with van der Waals surface area (Å²) in [5.74, 6) is -2.32. The minimum Gasteiger partial charge on any atom is -0.445 e. The van der Waals surface area contributed by atoms with E-state index in [1.165, 1.54) is 13.8 Å². The summed E-state index contributed by atoms with van der Waals surface area (Å²) in [5, 5.41) is 21.4. The Morgan fingerprint density at radius 3 is 1.31 bits per heavy atom. The van der Waals surface area contributed by atoms with Crippen LogP contribution in [0, 0.1) is 22.7 Å². The Balaban J connectivity index is 1.78. The minimum absolute atomic E-state index is 0.0487. The van der Waals surface area contributed by atoms with Gasteiger partial charge >= 0.3 is 12.2 Å². The molecule has 0 saturated carbocycles. The van der Waals surface area contributed by atoms with E-state index >= 15 is 0 Å². The first-order valence-corrected chi connectivity index (χ1v) is 12.7. The molecule has 0 aliphatic heterocycles. The highest BCUT2D eigenvalue weighted by Crippen LogP contribution is 2.17. The molecule has 2 rings (SSSR count). The molecule has 4 atom stereocenters. The van der Waals surface area contributed by atoms with Crippen LogP contribution in [0.15, 0.2) is 60.7 Å². The number of ketones is 2. The van der Waals surface area contributed by atoms with E-state index < -0.39 is 47.7 Å². The van der Waals surface area contributed by atoms with E-state index in [4.69, 9.17) is 20.3 Å². The molecule has 0 saturated heterocycles. The van der Waals surface area contributed by atoms with Crippen LogP contribution in [0.25, 0.3) is 0 Å². The highest BCUT2D eigenvalue weighted by Gasteiger charge is 2.29. The molecule has 0 aliphatic rings. The Morgan fingerprint density at radius 2 is 0.974 bits per heavy atom. The topological polar surface area (TPSA) is 158 Å². The van der Waals surface area contributed by atoms with Gasteiger partial charge in [0.1, 0.15) is 13.2 Å². The van der Waals surface area contributed by atoms with Gasteiger partial charge in [-0.3, -0.25) is 9.59 Å². The second-order valence-corrected chi connectivity index (χ2v) is 9.45. The lowest BCUT2D eigenvalue weighted by atomic mass is 9.86. The van der Waals surface area contributed by atoms with E-state index in [2.05, 4.69) is 10.6 Å². The largest absolute Gasteiger partial charge is 0.445 e. The van der Waals surface area contributed by atoms with Crippen LogP contribution in [0.2, 0.25) is 0 Å². The van der Waals surface area contributed by atoms with Gasteiger partial charge in [0.05, 0.1) is 23.5 Å². The first-order valence-electron chi connectivity index (χ1n) is 12.7. The summed E-state index contributed by atoms with van der Waals surface area (Å²) < 4.78 is 10.2. The van der Waals surface area contributed by atoms with Gasteiger partial charge in [-0.2, -0.15) is 0 Å². The van der Waals surface area contributed by atoms with Crippen molar-refractivity contribution in [2.45, 2.75) is 59.4 Å². The van der Waals surface area contributed by atoms with Crippen molar-refractivity contribution in [3.8, 4) is 0 Å². The van der Waals surface area contributed by atoms with Gasteiger partial charge in [-0.1, -0.05) is 74.5 Å². The summed E-state index contributed by atoms with van der Waals surface area (Å²) in [5.41, 5.74) is 1.14. The van der Waals surface area contributed by atoms with Crippen LogP contribution < -0.4 is 10.6 Å². The summed E-state index contributed by atoms with van der Waals surface area (Å²) in [4.78, 5) is 49.5. The van der Waals surface area contributed by atoms with Gasteiger partial charge in [-0.25, -0.2) is 9.59 Å². The molecule has 0 fully saturated rings. The Hall–Kier alpha value is -4.34. The number of benzene rings is 2. The SMILES string of the molecule is CC(CC(C)C(=N)C(=O)[C@H](C)NC(=O)OCc1ccccc1)C(=N)C(=O)C(C)NC(=O)OCc1ccccc1. The number of Topliss-reactive ketones (excluding diaryl/α,β-unsaturated/α-hetero) is 2. The first kappa shape index (κ1) is 30.9. The smallest absolute Gasteiger partial charge is 0.408 e. The van der Waals surface area contributed by atoms with Gasteiger partial charge in [0.25, 0.3) is 0 Å². The van der Waals surface area contributed by atoms with E-state index in [0.29, 0.717) is 0 Å². The predicted octanol–water partition coefficient (Wildman–Crippen LogP) is 4.46. The lowest BCUT2D eigenvalue weighted by Gasteiger charge is -2.21. The Morgan fingerprint density at radius 1 is 0.641 bits per heavy atom. The minimum atomic E-state index is -0.981. The van der Waals surface area contributed by atoms with E-state index in [-0.39, 0.29) is 31.1 Å². The number of hydrogen-bond acceptors (Lipinski definition) is 8. The number of amides is 2. The molecule has 0 bridgehead atoms. The van der Waals surface area contributed by atoms with E-state index in [1.807, 2.05) is 36.4 Å². The molecule has 4 N–H and O–H groups in total. The van der Waals surface area contributed by atoms with E-state index in [9.17, 15) is 19.2 Å². The van der Waals surface area contributed by atoms with Crippen LogP contribution in [0.5, 0.6) is 0 Å². The molecule has 208 valence electrons. The van der Waals surface area contributed by atoms with Gasteiger partial charge in [-0.05, 0) is 31.4 Å². The third kappa shape index (κ3) is 10.1. The molecule has 2 aromatic rings. The summed E-state index contributed by atoms with van der Waals surface area (Å²) in [6.45, 7) is 6.33. The molecule has 2 amide bonds. The molecule has 39 heavy (non-hydrogen) atoms. The van der Waals surface area contributed by atoms with Gasteiger partial charge in [0.15, 0.2) is 11.6 Å². The maximum Gasteiger partial charge on any atom is 0.408 e. The molecule has 10 heteroatoms. The number of carbonyl (C=O) groups excluding carboxylic acids is 4. The molecule has 0 aromatic heterocycles. The molecule has 0 aliphatic carbocycles. The Labute approximate surface area is 228 Å². The van der Waals surface area contributed by atoms with Crippen molar-refractivity contribution in [2.24, 2.45) is 11.8 Å². The van der Waals surface area contributed by atoms with Crippen LogP contribution in [0.1, 0.15) is 45.2 Å². The normalized spacial score (nSPS) is 13.6. The maximum atomic E-state index is 12.7. The van der Waals surface area contributed by atoms with Crippen LogP contribution >= 0.6 is 0 Å². The zero-order valence-corrected chi connectivity index (χ0v) is 22.7. The van der Waals surface area contributed by atoms with Crippen molar-refractivity contribution >= 4 is 35.2 Å². The summed E-state index contributed by atoms with van der Waals surface area (Å²) in [6, 6.07) is 16.2. The van der Waals surface area contributed by atoms with Crippen LogP contribution in [0.3, 0.4) is 0 Å². The van der Waals surface area contributed by atoms with Gasteiger partial charge in [0, 0.05) is 11.8 Å². The quantitative estimate of drug-likeness (QED) is 0.261. The fraction of sp³-hybridized carbons (Fsp3) is 0.379. The van der Waals surface area contributed by atoms with Crippen LogP contribution in [-0.2, 0) is 32.3 Å². The lowest BCUT2D eigenvalue weighted by Crippen LogP contribution is -2.44. The monoisotopic (exact) mass is 536 g/mol. The van der Waals surface area contributed by atoms with Crippen molar-refractivity contribution < 1.29 is 28.7 Å². The standard InChI is InChI=1S/C29H36N4O6/c1-18(24(30)26(34)20(3)32-28(36)38-16-22-11-7-5-8-12-22)15-19(2)25(31)27(35)21(4)33-29(37)39-17-23-13-9-6-10-14-23/h5-14,18-21,30-31H,15-17H2,1-4H3,(H,32,36)(H,33,37)/t18?,19?,20-,21?/m0/s1. The molecule has 3 unspecified atom stereocenters. The molecule has 0 heterocycles. The average molecular weight is 537 g/mol. The first-order chi connectivity index (χ1) is 18.5. The highest BCUT2D eigenvalue weighted by molar-refractivity contribution is 6.42. The zero-order valence-electron chi connectivity index (χ0n) is 22.7. The number of carbonyl (C=O) groups is 4. The number of alkyl carbamates (subject to hydrolysis) is 2. The maximum absolute atomic E-state index is 12.7. The number of nitrogens with one attached hydrogen (secondary N) is 4. The number of rotatable bonds is 14. The molecular weight excluding hydrogens is 500 g/mol. The lowest BCUT2D eigenvalue weighted by molar-refractivity contribution is -0.115. The second-order valence-electron chi connectivity index (χ2n) is 9.45. The number of ether oxygens (including phenoxy) is 2. The molecular formula is C29H36N4O6. The zero-order chi connectivity index (χ0) is 28.9. The molecule has 0 radical (unpaired) electrons. The Bertz CT molecular complexity index is 1080. The fourth-order valence-electron chi connectivity index (χ4n) is 3.73.